The summed E-state index contributed by atoms with van der Waals surface area (Å²) in [6, 6.07) is 9.59. The van der Waals surface area contributed by atoms with Gasteiger partial charge in [-0.2, -0.15) is 0 Å². The van der Waals surface area contributed by atoms with Crippen molar-refractivity contribution in [3.8, 4) is 11.5 Å². The Hall–Kier alpha value is -3.61. The number of carbonyl (C=O) groups is 3. The highest BCUT2D eigenvalue weighted by Crippen LogP contribution is 2.35. The molecule has 4 rings (SSSR count). The molecule has 2 aliphatic heterocycles. The summed E-state index contributed by atoms with van der Waals surface area (Å²) in [6.45, 7) is 4.59. The first-order chi connectivity index (χ1) is 15.8. The number of ketones is 1. The van der Waals surface area contributed by atoms with E-state index in [1.54, 1.807) is 38.5 Å². The van der Waals surface area contributed by atoms with E-state index in [0.29, 0.717) is 41.3 Å². The quantitative estimate of drug-likeness (QED) is 0.516. The van der Waals surface area contributed by atoms with E-state index in [0.717, 1.165) is 22.4 Å². The number of hydrogen-bond acceptors (Lipinski definition) is 6. The van der Waals surface area contributed by atoms with Crippen molar-refractivity contribution in [1.29, 1.82) is 0 Å². The summed E-state index contributed by atoms with van der Waals surface area (Å²) in [5.74, 6) is 0.179. The van der Waals surface area contributed by atoms with Gasteiger partial charge < -0.3 is 14.8 Å². The lowest BCUT2D eigenvalue weighted by Crippen LogP contribution is -2.45. The van der Waals surface area contributed by atoms with E-state index in [1.807, 2.05) is 26.0 Å². The third kappa shape index (κ3) is 4.11. The first kappa shape index (κ1) is 22.6. The van der Waals surface area contributed by atoms with Crippen LogP contribution in [0.4, 0.5) is 0 Å². The highest BCUT2D eigenvalue weighted by molar-refractivity contribution is 6.23. The van der Waals surface area contributed by atoms with Crippen molar-refractivity contribution < 1.29 is 23.9 Å². The maximum atomic E-state index is 13.5. The summed E-state index contributed by atoms with van der Waals surface area (Å²) in [4.78, 5) is 40.8. The zero-order valence-electron chi connectivity index (χ0n) is 19.3. The second-order valence-electron chi connectivity index (χ2n) is 8.67. The minimum absolute atomic E-state index is 0.109. The Kier molecular flexibility index (Phi) is 6.22. The van der Waals surface area contributed by atoms with Crippen molar-refractivity contribution in [2.45, 2.75) is 32.7 Å². The fraction of sp³-hybridized carbons (Fsp3) is 0.346. The van der Waals surface area contributed by atoms with Crippen molar-refractivity contribution in [2.75, 3.05) is 20.8 Å². The molecule has 0 radical (unpaired) electrons. The van der Waals surface area contributed by atoms with Crippen LogP contribution in [0, 0.1) is 5.92 Å². The molecule has 2 heterocycles. The van der Waals surface area contributed by atoms with Crippen LogP contribution in [0.3, 0.4) is 0 Å². The van der Waals surface area contributed by atoms with Gasteiger partial charge in [0.2, 0.25) is 0 Å². The molecule has 0 unspecified atom stereocenters. The summed E-state index contributed by atoms with van der Waals surface area (Å²) >= 11 is 0. The molecule has 2 amide bonds. The van der Waals surface area contributed by atoms with E-state index < -0.39 is 17.9 Å². The first-order valence-electron chi connectivity index (χ1n) is 11.1. The van der Waals surface area contributed by atoms with Crippen LogP contribution in [0.25, 0.3) is 5.70 Å². The molecule has 7 heteroatoms. The molecule has 172 valence electrons. The van der Waals surface area contributed by atoms with Crippen LogP contribution in [0.15, 0.2) is 42.5 Å². The number of rotatable bonds is 7. The molecule has 7 nitrogen and oxygen atoms in total. The predicted molar refractivity (Wildman–Crippen MR) is 124 cm³/mol. The lowest BCUT2D eigenvalue weighted by atomic mass is 9.93. The van der Waals surface area contributed by atoms with Crippen molar-refractivity contribution in [3.63, 3.8) is 0 Å². The summed E-state index contributed by atoms with van der Waals surface area (Å²) in [5, 5.41) is 3.29. The Morgan fingerprint density at radius 2 is 1.64 bits per heavy atom. The molecule has 0 fully saturated rings. The largest absolute Gasteiger partial charge is 0.493 e. The number of carbonyl (C=O) groups excluding carboxylic acids is 3. The lowest BCUT2D eigenvalue weighted by Gasteiger charge is -2.27. The van der Waals surface area contributed by atoms with E-state index in [2.05, 4.69) is 5.32 Å². The Morgan fingerprint density at radius 3 is 2.21 bits per heavy atom. The molecule has 2 aliphatic rings. The van der Waals surface area contributed by atoms with Crippen LogP contribution in [0.2, 0.25) is 0 Å². The van der Waals surface area contributed by atoms with Gasteiger partial charge in [-0.1, -0.05) is 26.0 Å². The van der Waals surface area contributed by atoms with Crippen LogP contribution in [0.1, 0.15) is 52.1 Å². The van der Waals surface area contributed by atoms with Crippen LogP contribution in [-0.2, 0) is 11.2 Å². The molecule has 0 bridgehead atoms. The molecule has 1 N–H and O–H groups in total. The number of hydrogen-bond donors (Lipinski definition) is 1. The molecule has 0 spiro atoms. The third-order valence-corrected chi connectivity index (χ3v) is 6.06. The molecule has 0 saturated heterocycles. The minimum Gasteiger partial charge on any atom is -0.493 e. The Morgan fingerprint density at radius 1 is 1.03 bits per heavy atom. The zero-order valence-corrected chi connectivity index (χ0v) is 19.3. The molecule has 0 aromatic heterocycles. The maximum absolute atomic E-state index is 13.5. The number of nitrogens with zero attached hydrogens (tertiary/aromatic N) is 1. The predicted octanol–water partition coefficient (Wildman–Crippen LogP) is 3.47. The molecule has 33 heavy (non-hydrogen) atoms. The van der Waals surface area contributed by atoms with E-state index in [9.17, 15) is 14.4 Å². The highest BCUT2D eigenvalue weighted by atomic mass is 16.5. The monoisotopic (exact) mass is 448 g/mol. The van der Waals surface area contributed by atoms with Gasteiger partial charge in [-0.25, -0.2) is 0 Å². The Labute approximate surface area is 193 Å². The molecule has 0 aliphatic carbocycles. The van der Waals surface area contributed by atoms with Gasteiger partial charge in [-0.15, -0.1) is 0 Å². The van der Waals surface area contributed by atoms with Crippen LogP contribution < -0.4 is 14.8 Å². The van der Waals surface area contributed by atoms with E-state index in [-0.39, 0.29) is 11.7 Å². The number of benzene rings is 2. The van der Waals surface area contributed by atoms with E-state index in [4.69, 9.17) is 9.47 Å². The highest BCUT2D eigenvalue weighted by Gasteiger charge is 2.42. The van der Waals surface area contributed by atoms with Crippen molar-refractivity contribution >= 4 is 23.3 Å². The number of imide groups is 1. The number of methoxy groups -OCH3 is 2. The molecular formula is C26H28N2O5. The smallest absolute Gasteiger partial charge is 0.262 e. The average molecular weight is 449 g/mol. The van der Waals surface area contributed by atoms with Gasteiger partial charge >= 0.3 is 0 Å². The fourth-order valence-electron chi connectivity index (χ4n) is 4.46. The Bertz CT molecular complexity index is 1120. The van der Waals surface area contributed by atoms with Gasteiger partial charge in [0.25, 0.3) is 11.8 Å². The molecule has 2 aromatic rings. The van der Waals surface area contributed by atoms with Gasteiger partial charge in [0, 0.05) is 23.9 Å². The summed E-state index contributed by atoms with van der Waals surface area (Å²) in [5.41, 5.74) is 3.21. The summed E-state index contributed by atoms with van der Waals surface area (Å²) < 4.78 is 10.8. The van der Waals surface area contributed by atoms with E-state index >= 15 is 0 Å². The normalized spacial score (nSPS) is 17.0. The van der Waals surface area contributed by atoms with Gasteiger partial charge in [0.15, 0.2) is 17.3 Å². The number of amides is 2. The maximum Gasteiger partial charge on any atom is 0.262 e. The van der Waals surface area contributed by atoms with Gasteiger partial charge in [0.05, 0.1) is 25.3 Å². The van der Waals surface area contributed by atoms with Crippen LogP contribution in [-0.4, -0.2) is 49.3 Å². The third-order valence-electron chi connectivity index (χ3n) is 6.06. The standard InChI is InChI=1S/C26H28N2O5/c1-15(2)11-21(28-25(30)17-7-5-6-8-18(17)26(28)31)22(29)14-20-19-13-24(33-4)23(32-3)12-16(19)9-10-27-20/h5-8,12-15,21,27H,9-11H2,1-4H3/b20-14-/t21-/m0/s1. The molecule has 1 atom stereocenters. The van der Waals surface area contributed by atoms with Gasteiger partial charge in [-0.3, -0.25) is 19.3 Å². The SMILES string of the molecule is COc1cc2c(cc1OC)/C(=C/C(=O)[C@H](CC(C)C)N1C(=O)c3ccccc3C1=O)NCC2. The van der Waals surface area contributed by atoms with Crippen molar-refractivity contribution in [3.05, 3.63) is 64.7 Å². The first-order valence-corrected chi connectivity index (χ1v) is 11.1. The average Bonchev–Trinajstić information content (AvgIpc) is 3.06. The number of nitrogens with one attached hydrogen (secondary N) is 1. The minimum atomic E-state index is -0.878. The number of fused-ring (bicyclic) bond motifs is 2. The van der Waals surface area contributed by atoms with E-state index in [1.165, 1.54) is 6.08 Å². The topological polar surface area (TPSA) is 84.9 Å². The lowest BCUT2D eigenvalue weighted by molar-refractivity contribution is -0.118. The summed E-state index contributed by atoms with van der Waals surface area (Å²) in [6.07, 6.45) is 2.67. The molecular weight excluding hydrogens is 420 g/mol. The Balaban J connectivity index is 1.71. The number of ether oxygens (including phenoxy) is 2. The van der Waals surface area contributed by atoms with Crippen LogP contribution in [0.5, 0.6) is 11.5 Å². The molecule has 0 saturated carbocycles. The van der Waals surface area contributed by atoms with Crippen molar-refractivity contribution in [1.82, 2.24) is 10.2 Å². The van der Waals surface area contributed by atoms with Crippen LogP contribution >= 0.6 is 0 Å². The molecule has 2 aromatic carbocycles. The zero-order chi connectivity index (χ0) is 23.7. The van der Waals surface area contributed by atoms with Crippen molar-refractivity contribution in [2.24, 2.45) is 5.92 Å². The fourth-order valence-corrected chi connectivity index (χ4v) is 4.46. The van der Waals surface area contributed by atoms with Gasteiger partial charge in [0.1, 0.15) is 6.04 Å². The van der Waals surface area contributed by atoms with Gasteiger partial charge in [-0.05, 0) is 48.6 Å². The summed E-state index contributed by atoms with van der Waals surface area (Å²) in [7, 11) is 3.15. The second kappa shape index (κ2) is 9.10. The second-order valence-corrected chi connectivity index (χ2v) is 8.67.